The number of amides is 1. The monoisotopic (exact) mass is 424 g/mol. The predicted molar refractivity (Wildman–Crippen MR) is 109 cm³/mol. The summed E-state index contributed by atoms with van der Waals surface area (Å²) in [5, 5.41) is 18.6. The second kappa shape index (κ2) is 9.39. The van der Waals surface area contributed by atoms with Crippen LogP contribution in [0.5, 0.6) is 0 Å². The number of hydrogen-bond acceptors (Lipinski definition) is 7. The van der Waals surface area contributed by atoms with Crippen molar-refractivity contribution >= 4 is 40.5 Å². The number of nitro benzene ring substituents is 1. The lowest BCUT2D eigenvalue weighted by molar-refractivity contribution is -0.384. The quantitative estimate of drug-likeness (QED) is 0.323. The maximum absolute atomic E-state index is 12.0. The Morgan fingerprint density at radius 1 is 0.967 bits per heavy atom. The molecule has 0 spiro atoms. The first-order valence-corrected chi connectivity index (χ1v) is 8.83. The number of carbonyl (C=O) groups is 2. The smallest absolute Gasteiger partial charge is 0.338 e. The van der Waals surface area contributed by atoms with Crippen molar-refractivity contribution in [2.75, 3.05) is 5.48 Å². The highest BCUT2D eigenvalue weighted by molar-refractivity contribution is 6.30. The lowest BCUT2D eigenvalue weighted by atomic mass is 10.2. The Hall–Kier alpha value is -4.11. The van der Waals surface area contributed by atoms with E-state index in [9.17, 15) is 19.7 Å². The number of halogens is 1. The van der Waals surface area contributed by atoms with Gasteiger partial charge in [0, 0.05) is 22.7 Å². The van der Waals surface area contributed by atoms with Gasteiger partial charge in [-0.3, -0.25) is 14.9 Å². The number of carbonyl (C=O) groups excluding carboxylic acids is 2. The van der Waals surface area contributed by atoms with Crippen molar-refractivity contribution in [1.82, 2.24) is 0 Å². The number of benzene rings is 3. The third kappa shape index (κ3) is 5.46. The van der Waals surface area contributed by atoms with Gasteiger partial charge in [-0.25, -0.2) is 10.3 Å². The Kier molecular flexibility index (Phi) is 6.46. The molecule has 3 aromatic carbocycles. The molecule has 3 rings (SSSR count). The fourth-order valence-electron chi connectivity index (χ4n) is 2.26. The van der Waals surface area contributed by atoms with E-state index < -0.39 is 16.8 Å². The summed E-state index contributed by atoms with van der Waals surface area (Å²) in [6.45, 7) is 0. The van der Waals surface area contributed by atoms with E-state index in [2.05, 4.69) is 15.7 Å². The van der Waals surface area contributed by atoms with E-state index in [0.29, 0.717) is 22.0 Å². The molecule has 0 heterocycles. The SMILES string of the molecule is O=C(N=Nc1ccc(NOC(=O)c2ccc([N+](=O)[O-])cc2)cc1)c1cccc(Cl)c1. The summed E-state index contributed by atoms with van der Waals surface area (Å²) in [6.07, 6.45) is 0. The van der Waals surface area contributed by atoms with Gasteiger partial charge in [0.25, 0.3) is 11.6 Å². The maximum Gasteiger partial charge on any atom is 0.362 e. The Labute approximate surface area is 175 Å². The molecule has 0 aromatic heterocycles. The van der Waals surface area contributed by atoms with Gasteiger partial charge in [0.05, 0.1) is 21.9 Å². The average molecular weight is 425 g/mol. The maximum atomic E-state index is 12.0. The van der Waals surface area contributed by atoms with Crippen molar-refractivity contribution in [2.24, 2.45) is 10.2 Å². The number of anilines is 1. The van der Waals surface area contributed by atoms with Gasteiger partial charge >= 0.3 is 5.97 Å². The number of hydrogen-bond donors (Lipinski definition) is 1. The Morgan fingerprint density at radius 3 is 2.30 bits per heavy atom. The van der Waals surface area contributed by atoms with Crippen LogP contribution in [0.15, 0.2) is 83.0 Å². The van der Waals surface area contributed by atoms with Crippen LogP contribution >= 0.6 is 11.6 Å². The topological polar surface area (TPSA) is 123 Å². The summed E-state index contributed by atoms with van der Waals surface area (Å²) < 4.78 is 0. The van der Waals surface area contributed by atoms with Crippen LogP contribution in [-0.4, -0.2) is 16.8 Å². The van der Waals surface area contributed by atoms with Crippen molar-refractivity contribution in [3.63, 3.8) is 0 Å². The summed E-state index contributed by atoms with van der Waals surface area (Å²) in [5.41, 5.74) is 3.68. The summed E-state index contributed by atoms with van der Waals surface area (Å²) >= 11 is 5.84. The molecule has 0 saturated heterocycles. The standard InChI is InChI=1S/C20H13ClN4O5/c21-15-3-1-2-14(12-15)19(26)23-22-16-6-8-17(9-7-16)24-30-20(27)13-4-10-18(11-5-13)25(28)29/h1-12,24H. The zero-order valence-corrected chi connectivity index (χ0v) is 15.9. The molecule has 0 aliphatic rings. The molecular formula is C20H13ClN4O5. The lowest BCUT2D eigenvalue weighted by Crippen LogP contribution is -2.10. The normalized spacial score (nSPS) is 10.6. The number of non-ortho nitro benzene ring substituents is 1. The van der Waals surface area contributed by atoms with Crippen molar-refractivity contribution < 1.29 is 19.3 Å². The highest BCUT2D eigenvalue weighted by Crippen LogP contribution is 2.19. The van der Waals surface area contributed by atoms with Crippen LogP contribution in [0, 0.1) is 10.1 Å². The molecule has 9 nitrogen and oxygen atoms in total. The minimum atomic E-state index is -0.708. The van der Waals surface area contributed by atoms with Crippen molar-refractivity contribution in [3.05, 3.63) is 99.1 Å². The van der Waals surface area contributed by atoms with E-state index in [0.717, 1.165) is 0 Å². The molecule has 10 heteroatoms. The van der Waals surface area contributed by atoms with E-state index in [1.807, 2.05) is 0 Å². The van der Waals surface area contributed by atoms with Gasteiger partial charge in [-0.15, -0.1) is 10.2 Å². The zero-order valence-electron chi connectivity index (χ0n) is 15.2. The van der Waals surface area contributed by atoms with Gasteiger partial charge in [0.2, 0.25) is 0 Å². The Morgan fingerprint density at radius 2 is 1.67 bits per heavy atom. The summed E-state index contributed by atoms with van der Waals surface area (Å²) in [6, 6.07) is 17.7. The highest BCUT2D eigenvalue weighted by Gasteiger charge is 2.11. The molecule has 0 aliphatic heterocycles. The van der Waals surface area contributed by atoms with Crippen molar-refractivity contribution in [2.45, 2.75) is 0 Å². The summed E-state index contributed by atoms with van der Waals surface area (Å²) in [5.74, 6) is -1.24. The van der Waals surface area contributed by atoms with Gasteiger partial charge in [0.15, 0.2) is 0 Å². The molecule has 150 valence electrons. The number of rotatable bonds is 6. The van der Waals surface area contributed by atoms with Crippen LogP contribution in [0.4, 0.5) is 17.1 Å². The fraction of sp³-hybridized carbons (Fsp3) is 0. The number of nitrogens with one attached hydrogen (secondary N) is 1. The van der Waals surface area contributed by atoms with E-state index in [-0.39, 0.29) is 11.3 Å². The lowest BCUT2D eigenvalue weighted by Gasteiger charge is -2.06. The van der Waals surface area contributed by atoms with Gasteiger partial charge in [-0.05, 0) is 54.6 Å². The molecule has 1 N–H and O–H groups in total. The van der Waals surface area contributed by atoms with Gasteiger partial charge in [0.1, 0.15) is 0 Å². The Bertz CT molecular complexity index is 1110. The van der Waals surface area contributed by atoms with Gasteiger partial charge < -0.3 is 4.84 Å². The number of azo groups is 1. The molecule has 0 atom stereocenters. The fourth-order valence-corrected chi connectivity index (χ4v) is 2.45. The first kappa shape index (κ1) is 20.6. The molecule has 0 radical (unpaired) electrons. The molecule has 30 heavy (non-hydrogen) atoms. The van der Waals surface area contributed by atoms with Gasteiger partial charge in [-0.2, -0.15) is 0 Å². The molecular weight excluding hydrogens is 412 g/mol. The van der Waals surface area contributed by atoms with Crippen LogP contribution in [0.3, 0.4) is 0 Å². The van der Waals surface area contributed by atoms with E-state index in [4.69, 9.17) is 16.4 Å². The number of nitro groups is 1. The largest absolute Gasteiger partial charge is 0.362 e. The molecule has 0 fully saturated rings. The van der Waals surface area contributed by atoms with Crippen molar-refractivity contribution in [3.8, 4) is 0 Å². The second-order valence-corrected chi connectivity index (χ2v) is 6.29. The van der Waals surface area contributed by atoms with Crippen LogP contribution < -0.4 is 5.48 Å². The molecule has 1 amide bonds. The highest BCUT2D eigenvalue weighted by atomic mass is 35.5. The third-order valence-corrected chi connectivity index (χ3v) is 4.01. The number of nitrogens with zero attached hydrogens (tertiary/aromatic N) is 3. The zero-order chi connectivity index (χ0) is 21.5. The van der Waals surface area contributed by atoms with Crippen LogP contribution in [-0.2, 0) is 4.84 Å². The van der Waals surface area contributed by atoms with E-state index in [1.165, 1.54) is 30.3 Å². The Balaban J connectivity index is 1.55. The van der Waals surface area contributed by atoms with Crippen LogP contribution in [0.1, 0.15) is 20.7 Å². The summed E-state index contributed by atoms with van der Waals surface area (Å²) in [7, 11) is 0. The minimum absolute atomic E-state index is 0.127. The van der Waals surface area contributed by atoms with Crippen LogP contribution in [0.2, 0.25) is 5.02 Å². The molecule has 3 aromatic rings. The van der Waals surface area contributed by atoms with Crippen LogP contribution in [0.25, 0.3) is 0 Å². The second-order valence-electron chi connectivity index (χ2n) is 5.86. The predicted octanol–water partition coefficient (Wildman–Crippen LogP) is 5.36. The molecule has 0 aliphatic carbocycles. The minimum Gasteiger partial charge on any atom is -0.338 e. The first-order valence-electron chi connectivity index (χ1n) is 8.46. The molecule has 0 saturated carbocycles. The van der Waals surface area contributed by atoms with Crippen molar-refractivity contribution in [1.29, 1.82) is 0 Å². The van der Waals surface area contributed by atoms with E-state index in [1.54, 1.807) is 42.5 Å². The van der Waals surface area contributed by atoms with E-state index >= 15 is 0 Å². The molecule has 0 bridgehead atoms. The molecule has 0 unspecified atom stereocenters. The van der Waals surface area contributed by atoms with Gasteiger partial charge in [-0.1, -0.05) is 17.7 Å². The first-order chi connectivity index (χ1) is 14.4. The summed E-state index contributed by atoms with van der Waals surface area (Å²) in [4.78, 5) is 39.0. The third-order valence-electron chi connectivity index (χ3n) is 3.77. The average Bonchev–Trinajstić information content (AvgIpc) is 2.76.